The van der Waals surface area contributed by atoms with E-state index in [9.17, 15) is 4.79 Å². The lowest BCUT2D eigenvalue weighted by Gasteiger charge is -2.10. The van der Waals surface area contributed by atoms with Crippen molar-refractivity contribution >= 4 is 17.6 Å². The van der Waals surface area contributed by atoms with E-state index in [2.05, 4.69) is 10.6 Å². The highest BCUT2D eigenvalue weighted by Gasteiger charge is 2.01. The van der Waals surface area contributed by atoms with E-state index < -0.39 is 0 Å². The first-order valence-corrected chi connectivity index (χ1v) is 8.67. The summed E-state index contributed by atoms with van der Waals surface area (Å²) in [6.45, 7) is 3.92. The van der Waals surface area contributed by atoms with E-state index in [1.165, 1.54) is 0 Å². The standard InChI is InChI=1S/C19H23ClN2O3/c1-2-24-17-4-3-5-18(14-17)25-13-12-22-19(23)21-11-10-15-6-8-16(20)9-7-15/h3-9,14H,2,10-13H2,1H3,(H2,21,22,23). The molecule has 0 saturated carbocycles. The minimum atomic E-state index is -0.208. The number of urea groups is 1. The maximum absolute atomic E-state index is 11.7. The van der Waals surface area contributed by atoms with Gasteiger partial charge in [0.25, 0.3) is 0 Å². The predicted octanol–water partition coefficient (Wildman–Crippen LogP) is 3.66. The van der Waals surface area contributed by atoms with Crippen molar-refractivity contribution in [1.29, 1.82) is 0 Å². The van der Waals surface area contributed by atoms with Crippen molar-refractivity contribution in [3.8, 4) is 11.5 Å². The largest absolute Gasteiger partial charge is 0.494 e. The Hall–Kier alpha value is -2.40. The molecule has 0 spiro atoms. The summed E-state index contributed by atoms with van der Waals surface area (Å²) in [6, 6.07) is 14.8. The molecule has 0 fully saturated rings. The van der Waals surface area contributed by atoms with Gasteiger partial charge < -0.3 is 20.1 Å². The fraction of sp³-hybridized carbons (Fsp3) is 0.316. The number of halogens is 1. The van der Waals surface area contributed by atoms with Crippen LogP contribution in [0.1, 0.15) is 12.5 Å². The summed E-state index contributed by atoms with van der Waals surface area (Å²) in [6.07, 6.45) is 0.755. The lowest BCUT2D eigenvalue weighted by atomic mass is 10.1. The lowest BCUT2D eigenvalue weighted by molar-refractivity contribution is 0.236. The maximum atomic E-state index is 11.7. The van der Waals surface area contributed by atoms with E-state index in [4.69, 9.17) is 21.1 Å². The van der Waals surface area contributed by atoms with Crippen molar-refractivity contribution in [3.05, 3.63) is 59.1 Å². The molecule has 0 radical (unpaired) electrons. The summed E-state index contributed by atoms with van der Waals surface area (Å²) < 4.78 is 11.0. The minimum Gasteiger partial charge on any atom is -0.494 e. The van der Waals surface area contributed by atoms with E-state index in [0.29, 0.717) is 31.3 Å². The van der Waals surface area contributed by atoms with Crippen LogP contribution < -0.4 is 20.1 Å². The first kappa shape index (κ1) is 18.9. The van der Waals surface area contributed by atoms with Gasteiger partial charge in [-0.3, -0.25) is 0 Å². The Morgan fingerprint density at radius 2 is 1.68 bits per heavy atom. The average molecular weight is 363 g/mol. The maximum Gasteiger partial charge on any atom is 0.314 e. The van der Waals surface area contributed by atoms with Gasteiger partial charge in [0.2, 0.25) is 0 Å². The molecule has 5 nitrogen and oxygen atoms in total. The van der Waals surface area contributed by atoms with Crippen molar-refractivity contribution in [1.82, 2.24) is 10.6 Å². The van der Waals surface area contributed by atoms with Crippen molar-refractivity contribution in [2.24, 2.45) is 0 Å². The Morgan fingerprint density at radius 3 is 2.40 bits per heavy atom. The summed E-state index contributed by atoms with van der Waals surface area (Å²) >= 11 is 5.84. The first-order valence-electron chi connectivity index (χ1n) is 8.29. The summed E-state index contributed by atoms with van der Waals surface area (Å²) in [4.78, 5) is 11.7. The first-order chi connectivity index (χ1) is 12.2. The smallest absolute Gasteiger partial charge is 0.314 e. The van der Waals surface area contributed by atoms with Crippen LogP contribution in [-0.2, 0) is 6.42 Å². The fourth-order valence-electron chi connectivity index (χ4n) is 2.19. The third-order valence-electron chi connectivity index (χ3n) is 3.39. The molecule has 0 aromatic heterocycles. The Kier molecular flexibility index (Phi) is 7.92. The van der Waals surface area contributed by atoms with Gasteiger partial charge in [-0.25, -0.2) is 4.79 Å². The third kappa shape index (κ3) is 7.35. The molecule has 0 bridgehead atoms. The van der Waals surface area contributed by atoms with Crippen molar-refractivity contribution in [3.63, 3.8) is 0 Å². The van der Waals surface area contributed by atoms with Gasteiger partial charge in [0, 0.05) is 17.6 Å². The number of rotatable bonds is 9. The Labute approximate surface area is 153 Å². The lowest BCUT2D eigenvalue weighted by Crippen LogP contribution is -2.38. The van der Waals surface area contributed by atoms with Crippen molar-refractivity contribution < 1.29 is 14.3 Å². The van der Waals surface area contributed by atoms with Crippen LogP contribution in [0, 0.1) is 0 Å². The molecule has 0 unspecified atom stereocenters. The van der Waals surface area contributed by atoms with Crippen LogP contribution in [0.15, 0.2) is 48.5 Å². The Morgan fingerprint density at radius 1 is 1.00 bits per heavy atom. The molecule has 0 aliphatic carbocycles. The van der Waals surface area contributed by atoms with Gasteiger partial charge in [0.15, 0.2) is 0 Å². The highest BCUT2D eigenvalue weighted by molar-refractivity contribution is 6.30. The highest BCUT2D eigenvalue weighted by atomic mass is 35.5. The molecule has 0 aliphatic rings. The predicted molar refractivity (Wildman–Crippen MR) is 99.7 cm³/mol. The monoisotopic (exact) mass is 362 g/mol. The number of hydrogen-bond donors (Lipinski definition) is 2. The van der Waals surface area contributed by atoms with Crippen LogP contribution in [0.5, 0.6) is 11.5 Å². The summed E-state index contributed by atoms with van der Waals surface area (Å²) in [5.74, 6) is 1.49. The quantitative estimate of drug-likeness (QED) is 0.669. The molecule has 2 rings (SSSR count). The van der Waals surface area contributed by atoms with Crippen LogP contribution in [0.4, 0.5) is 4.79 Å². The van der Waals surface area contributed by atoms with Gasteiger partial charge in [-0.1, -0.05) is 29.8 Å². The molecule has 2 amide bonds. The summed E-state index contributed by atoms with van der Waals surface area (Å²) in [5, 5.41) is 6.28. The molecule has 6 heteroatoms. The molecular formula is C19H23ClN2O3. The van der Waals surface area contributed by atoms with E-state index in [-0.39, 0.29) is 6.03 Å². The second-order valence-corrected chi connectivity index (χ2v) is 5.75. The van der Waals surface area contributed by atoms with Crippen LogP contribution in [0.25, 0.3) is 0 Å². The molecule has 0 saturated heterocycles. The van der Waals surface area contributed by atoms with Crippen LogP contribution >= 0.6 is 11.6 Å². The Bertz CT molecular complexity index is 662. The zero-order chi connectivity index (χ0) is 17.9. The molecule has 2 N–H and O–H groups in total. The molecule has 25 heavy (non-hydrogen) atoms. The SMILES string of the molecule is CCOc1cccc(OCCNC(=O)NCCc2ccc(Cl)cc2)c1. The van der Waals surface area contributed by atoms with Gasteiger partial charge in [0.1, 0.15) is 18.1 Å². The van der Waals surface area contributed by atoms with Crippen molar-refractivity contribution in [2.45, 2.75) is 13.3 Å². The number of amides is 2. The molecule has 2 aromatic carbocycles. The van der Waals surface area contributed by atoms with E-state index in [1.807, 2.05) is 55.5 Å². The number of carbonyl (C=O) groups is 1. The topological polar surface area (TPSA) is 59.6 Å². The number of benzene rings is 2. The number of hydrogen-bond acceptors (Lipinski definition) is 3. The minimum absolute atomic E-state index is 0.208. The van der Waals surface area contributed by atoms with Gasteiger partial charge >= 0.3 is 6.03 Å². The van der Waals surface area contributed by atoms with Gasteiger partial charge in [-0.15, -0.1) is 0 Å². The average Bonchev–Trinajstić information content (AvgIpc) is 2.61. The summed E-state index contributed by atoms with van der Waals surface area (Å²) in [7, 11) is 0. The van der Waals surface area contributed by atoms with E-state index in [0.717, 1.165) is 23.5 Å². The zero-order valence-electron chi connectivity index (χ0n) is 14.3. The molecule has 0 atom stereocenters. The molecule has 134 valence electrons. The number of ether oxygens (including phenoxy) is 2. The van der Waals surface area contributed by atoms with Crippen molar-refractivity contribution in [2.75, 3.05) is 26.3 Å². The van der Waals surface area contributed by atoms with Gasteiger partial charge in [-0.05, 0) is 43.2 Å². The summed E-state index contributed by atoms with van der Waals surface area (Å²) in [5.41, 5.74) is 1.13. The van der Waals surface area contributed by atoms with E-state index >= 15 is 0 Å². The molecule has 0 aliphatic heterocycles. The van der Waals surface area contributed by atoms with Crippen LogP contribution in [-0.4, -0.2) is 32.3 Å². The van der Waals surface area contributed by atoms with Crippen LogP contribution in [0.2, 0.25) is 5.02 Å². The second-order valence-electron chi connectivity index (χ2n) is 5.32. The number of carbonyl (C=O) groups excluding carboxylic acids is 1. The zero-order valence-corrected chi connectivity index (χ0v) is 15.0. The van der Waals surface area contributed by atoms with Gasteiger partial charge in [-0.2, -0.15) is 0 Å². The van der Waals surface area contributed by atoms with Crippen LogP contribution in [0.3, 0.4) is 0 Å². The molecule has 0 heterocycles. The number of nitrogens with one attached hydrogen (secondary N) is 2. The normalized spacial score (nSPS) is 10.2. The molecular weight excluding hydrogens is 340 g/mol. The Balaban J connectivity index is 1.59. The highest BCUT2D eigenvalue weighted by Crippen LogP contribution is 2.19. The van der Waals surface area contributed by atoms with E-state index in [1.54, 1.807) is 0 Å². The van der Waals surface area contributed by atoms with Gasteiger partial charge in [0.05, 0.1) is 13.2 Å². The molecule has 2 aromatic rings. The third-order valence-corrected chi connectivity index (χ3v) is 3.64. The second kappa shape index (κ2) is 10.5. The fourth-order valence-corrected chi connectivity index (χ4v) is 2.31.